The Morgan fingerprint density at radius 3 is 2.52 bits per heavy atom. The van der Waals surface area contributed by atoms with E-state index in [1.807, 2.05) is 0 Å². The zero-order valence-electron chi connectivity index (χ0n) is 10.3. The lowest BCUT2D eigenvalue weighted by Crippen LogP contribution is -2.04. The predicted molar refractivity (Wildman–Crippen MR) is 70.8 cm³/mol. The first-order valence-corrected chi connectivity index (χ1v) is 6.00. The maximum absolute atomic E-state index is 12.6. The number of nitrogens with zero attached hydrogens (tertiary/aromatic N) is 1. The summed E-state index contributed by atoms with van der Waals surface area (Å²) in [6, 6.07) is 8.91. The summed E-state index contributed by atoms with van der Waals surface area (Å²) >= 11 is 5.78. The zero-order chi connectivity index (χ0) is 15.5. The first kappa shape index (κ1) is 15.1. The van der Waals surface area contributed by atoms with Gasteiger partial charge in [0.05, 0.1) is 5.56 Å². The second-order valence-electron chi connectivity index (χ2n) is 3.94. The molecule has 0 aromatic heterocycles. The van der Waals surface area contributed by atoms with Gasteiger partial charge in [-0.05, 0) is 36.4 Å². The van der Waals surface area contributed by atoms with Crippen molar-refractivity contribution in [1.82, 2.24) is 0 Å². The summed E-state index contributed by atoms with van der Waals surface area (Å²) in [5.41, 5.74) is -1.20. The summed E-state index contributed by atoms with van der Waals surface area (Å²) in [4.78, 5) is 13.6. The van der Waals surface area contributed by atoms with Crippen LogP contribution in [0.5, 0.6) is 11.5 Å². The third kappa shape index (κ3) is 3.84. The summed E-state index contributed by atoms with van der Waals surface area (Å²) in [6.07, 6.45) is -3.34. The Morgan fingerprint density at radius 1 is 1.14 bits per heavy atom. The summed E-state index contributed by atoms with van der Waals surface area (Å²) in [5.74, 6) is 0.304. The van der Waals surface area contributed by atoms with E-state index in [9.17, 15) is 18.0 Å². The molecule has 0 heterocycles. The summed E-state index contributed by atoms with van der Waals surface area (Å²) in [7, 11) is 0. The van der Waals surface area contributed by atoms with E-state index < -0.39 is 11.7 Å². The number of benzene rings is 2. The number of aliphatic imine (C=N–C) groups is 1. The molecule has 3 nitrogen and oxygen atoms in total. The number of rotatable bonds is 3. The third-order valence-electron chi connectivity index (χ3n) is 2.48. The van der Waals surface area contributed by atoms with Crippen LogP contribution in [0.25, 0.3) is 0 Å². The first-order valence-electron chi connectivity index (χ1n) is 5.62. The largest absolute Gasteiger partial charge is 0.455 e. The molecule has 7 heteroatoms. The Labute approximate surface area is 122 Å². The van der Waals surface area contributed by atoms with Gasteiger partial charge in [-0.15, -0.1) is 0 Å². The van der Waals surface area contributed by atoms with Gasteiger partial charge in [0.1, 0.15) is 11.4 Å². The highest BCUT2D eigenvalue weighted by molar-refractivity contribution is 6.30. The van der Waals surface area contributed by atoms with Crippen LogP contribution < -0.4 is 4.74 Å². The van der Waals surface area contributed by atoms with E-state index in [0.717, 1.165) is 12.1 Å². The number of ether oxygens (including phenoxy) is 1. The van der Waals surface area contributed by atoms with Crippen molar-refractivity contribution in [2.45, 2.75) is 6.18 Å². The number of hydrogen-bond donors (Lipinski definition) is 0. The summed E-state index contributed by atoms with van der Waals surface area (Å²) < 4.78 is 43.2. The monoisotopic (exact) mass is 313 g/mol. The molecule has 2 rings (SSSR count). The van der Waals surface area contributed by atoms with Crippen molar-refractivity contribution in [2.75, 3.05) is 0 Å². The highest BCUT2D eigenvalue weighted by atomic mass is 35.5. The molecule has 0 N–H and O–H groups in total. The minimum Gasteiger partial charge on any atom is -0.455 e. The number of isocyanates is 1. The standard InChI is InChI=1S/C14H7ClF3NO2/c15-10-2-1-3-11(7-10)21-13-5-4-9(14(16,17)18)6-12(13)19-8-20/h1-7H. The third-order valence-corrected chi connectivity index (χ3v) is 2.71. The molecule has 0 atom stereocenters. The maximum atomic E-state index is 12.6. The van der Waals surface area contributed by atoms with E-state index in [4.69, 9.17) is 16.3 Å². The average Bonchev–Trinajstić information content (AvgIpc) is 2.40. The van der Waals surface area contributed by atoms with Crippen molar-refractivity contribution < 1.29 is 22.7 Å². The molecule has 2 aromatic carbocycles. The molecule has 21 heavy (non-hydrogen) atoms. The van der Waals surface area contributed by atoms with Crippen molar-refractivity contribution in [2.24, 2.45) is 4.99 Å². The molecule has 0 fully saturated rings. The highest BCUT2D eigenvalue weighted by Crippen LogP contribution is 2.38. The minimum absolute atomic E-state index is 0.00591. The van der Waals surface area contributed by atoms with Gasteiger partial charge in [-0.25, -0.2) is 4.79 Å². The number of halogens is 4. The molecule has 0 aliphatic rings. The second-order valence-corrected chi connectivity index (χ2v) is 4.38. The van der Waals surface area contributed by atoms with Gasteiger partial charge < -0.3 is 4.74 Å². The molecule has 0 amide bonds. The van der Waals surface area contributed by atoms with Crippen molar-refractivity contribution in [3.8, 4) is 11.5 Å². The minimum atomic E-state index is -4.54. The zero-order valence-corrected chi connectivity index (χ0v) is 11.1. The number of alkyl halides is 3. The van der Waals surface area contributed by atoms with Crippen LogP contribution in [0.2, 0.25) is 5.02 Å². The fourth-order valence-corrected chi connectivity index (χ4v) is 1.75. The number of carbonyl (C=O) groups excluding carboxylic acids is 1. The molecule has 0 unspecified atom stereocenters. The van der Waals surface area contributed by atoms with Crippen molar-refractivity contribution in [3.63, 3.8) is 0 Å². The lowest BCUT2D eigenvalue weighted by molar-refractivity contribution is -0.137. The Kier molecular flexibility index (Phi) is 4.31. The summed E-state index contributed by atoms with van der Waals surface area (Å²) in [5, 5.41) is 0.403. The van der Waals surface area contributed by atoms with Gasteiger partial charge in [0.2, 0.25) is 6.08 Å². The van der Waals surface area contributed by atoms with Crippen LogP contribution in [0.1, 0.15) is 5.56 Å². The van der Waals surface area contributed by atoms with Gasteiger partial charge >= 0.3 is 6.18 Å². The normalized spacial score (nSPS) is 10.9. The molecule has 0 saturated heterocycles. The second kappa shape index (κ2) is 5.99. The molecule has 108 valence electrons. The van der Waals surface area contributed by atoms with Crippen molar-refractivity contribution in [3.05, 3.63) is 53.1 Å². The molecule has 0 bridgehead atoms. The van der Waals surface area contributed by atoms with Gasteiger partial charge in [0, 0.05) is 5.02 Å². The average molecular weight is 314 g/mol. The van der Waals surface area contributed by atoms with E-state index in [-0.39, 0.29) is 11.4 Å². The van der Waals surface area contributed by atoms with E-state index in [2.05, 4.69) is 4.99 Å². The lowest BCUT2D eigenvalue weighted by atomic mass is 10.2. The highest BCUT2D eigenvalue weighted by Gasteiger charge is 2.31. The summed E-state index contributed by atoms with van der Waals surface area (Å²) in [6.45, 7) is 0. The van der Waals surface area contributed by atoms with E-state index in [1.165, 1.54) is 12.1 Å². The van der Waals surface area contributed by atoms with Crippen LogP contribution >= 0.6 is 11.6 Å². The molecular formula is C14H7ClF3NO2. The molecule has 0 saturated carbocycles. The van der Waals surface area contributed by atoms with Gasteiger partial charge in [-0.2, -0.15) is 18.2 Å². The van der Waals surface area contributed by atoms with Gasteiger partial charge in [0.15, 0.2) is 5.75 Å². The van der Waals surface area contributed by atoms with E-state index >= 15 is 0 Å². The Bertz CT molecular complexity index is 710. The molecule has 0 spiro atoms. The predicted octanol–water partition coefficient (Wildman–Crippen LogP) is 5.12. The maximum Gasteiger partial charge on any atom is 0.416 e. The van der Waals surface area contributed by atoms with Gasteiger partial charge in [0.25, 0.3) is 0 Å². The smallest absolute Gasteiger partial charge is 0.416 e. The fraction of sp³-hybridized carbons (Fsp3) is 0.0714. The van der Waals surface area contributed by atoms with Crippen LogP contribution in [0.15, 0.2) is 47.5 Å². The topological polar surface area (TPSA) is 38.7 Å². The molecule has 0 radical (unpaired) electrons. The SMILES string of the molecule is O=C=Nc1cc(C(F)(F)F)ccc1Oc1cccc(Cl)c1. The first-order chi connectivity index (χ1) is 9.90. The van der Waals surface area contributed by atoms with Crippen molar-refractivity contribution in [1.29, 1.82) is 0 Å². The van der Waals surface area contributed by atoms with Crippen LogP contribution in [-0.2, 0) is 11.0 Å². The quantitative estimate of drug-likeness (QED) is 0.583. The van der Waals surface area contributed by atoms with E-state index in [0.29, 0.717) is 16.8 Å². The van der Waals surface area contributed by atoms with Crippen LogP contribution in [0.3, 0.4) is 0 Å². The Balaban J connectivity index is 2.41. The molecular weight excluding hydrogens is 307 g/mol. The molecule has 0 aliphatic carbocycles. The van der Waals surface area contributed by atoms with Gasteiger partial charge in [-0.1, -0.05) is 17.7 Å². The van der Waals surface area contributed by atoms with Crippen molar-refractivity contribution >= 4 is 23.4 Å². The number of hydrogen-bond acceptors (Lipinski definition) is 3. The van der Waals surface area contributed by atoms with Crippen LogP contribution in [0, 0.1) is 0 Å². The molecule has 2 aromatic rings. The van der Waals surface area contributed by atoms with E-state index in [1.54, 1.807) is 18.2 Å². The molecule has 0 aliphatic heterocycles. The van der Waals surface area contributed by atoms with Crippen LogP contribution in [0.4, 0.5) is 18.9 Å². The van der Waals surface area contributed by atoms with Gasteiger partial charge in [-0.3, -0.25) is 0 Å². The van der Waals surface area contributed by atoms with Crippen LogP contribution in [-0.4, -0.2) is 6.08 Å². The lowest BCUT2D eigenvalue weighted by Gasteiger charge is -2.11. The Hall–Kier alpha value is -2.30. The Morgan fingerprint density at radius 2 is 1.90 bits per heavy atom. The fourth-order valence-electron chi connectivity index (χ4n) is 1.57.